The first-order valence-corrected chi connectivity index (χ1v) is 5.87. The summed E-state index contributed by atoms with van der Waals surface area (Å²) in [7, 11) is 0. The molecular formula is C13H15N3O3. The first kappa shape index (κ1) is 12.9. The maximum Gasteiger partial charge on any atom is 0.222 e. The Morgan fingerprint density at radius 1 is 1.47 bits per heavy atom. The summed E-state index contributed by atoms with van der Waals surface area (Å²) in [5, 5.41) is 6.55. The van der Waals surface area contributed by atoms with Crippen LogP contribution in [0, 0.1) is 0 Å². The third kappa shape index (κ3) is 3.04. The molecule has 0 aliphatic rings. The number of nitrogens with two attached hydrogens (primary N) is 1. The summed E-state index contributed by atoms with van der Waals surface area (Å²) in [5.74, 6) is 0.681. The second kappa shape index (κ2) is 5.43. The molecule has 0 aliphatic carbocycles. The molecule has 1 aromatic heterocycles. The molecule has 0 aliphatic heterocycles. The SMILES string of the molecule is CCOc1ccc(-c2cc(N)on2)cc1NC(C)=O. The van der Waals surface area contributed by atoms with Gasteiger partial charge in [-0.2, -0.15) is 0 Å². The zero-order chi connectivity index (χ0) is 13.8. The highest BCUT2D eigenvalue weighted by Crippen LogP contribution is 2.31. The maximum absolute atomic E-state index is 11.2. The van der Waals surface area contributed by atoms with Gasteiger partial charge in [-0.25, -0.2) is 0 Å². The Balaban J connectivity index is 2.39. The number of hydrogen-bond donors (Lipinski definition) is 2. The van der Waals surface area contributed by atoms with Gasteiger partial charge in [-0.15, -0.1) is 0 Å². The van der Waals surface area contributed by atoms with Crippen LogP contribution in [0.25, 0.3) is 11.3 Å². The minimum absolute atomic E-state index is 0.169. The van der Waals surface area contributed by atoms with Gasteiger partial charge >= 0.3 is 0 Å². The lowest BCUT2D eigenvalue weighted by Gasteiger charge is -2.11. The van der Waals surface area contributed by atoms with Gasteiger partial charge in [-0.3, -0.25) is 4.79 Å². The topological polar surface area (TPSA) is 90.4 Å². The molecule has 0 fully saturated rings. The van der Waals surface area contributed by atoms with Crippen molar-refractivity contribution in [2.75, 3.05) is 17.7 Å². The average Bonchev–Trinajstić information content (AvgIpc) is 2.78. The lowest BCUT2D eigenvalue weighted by Crippen LogP contribution is -2.08. The van der Waals surface area contributed by atoms with Crippen LogP contribution in [0.1, 0.15) is 13.8 Å². The van der Waals surface area contributed by atoms with Gasteiger partial charge in [0, 0.05) is 18.6 Å². The van der Waals surface area contributed by atoms with Crippen LogP contribution in [0.4, 0.5) is 11.6 Å². The van der Waals surface area contributed by atoms with Crippen LogP contribution in [0.2, 0.25) is 0 Å². The van der Waals surface area contributed by atoms with Crippen LogP contribution in [-0.2, 0) is 4.79 Å². The van der Waals surface area contributed by atoms with E-state index >= 15 is 0 Å². The highest BCUT2D eigenvalue weighted by molar-refractivity contribution is 5.91. The van der Waals surface area contributed by atoms with Crippen LogP contribution in [0.3, 0.4) is 0 Å². The van der Waals surface area contributed by atoms with Gasteiger partial charge in [0.05, 0.1) is 12.3 Å². The number of aromatic nitrogens is 1. The molecule has 1 aromatic carbocycles. The number of hydrogen-bond acceptors (Lipinski definition) is 5. The molecule has 1 amide bonds. The number of anilines is 2. The Kier molecular flexibility index (Phi) is 3.70. The second-order valence-electron chi connectivity index (χ2n) is 3.94. The van der Waals surface area contributed by atoms with Gasteiger partial charge in [-0.1, -0.05) is 5.16 Å². The Bertz CT molecular complexity index is 593. The van der Waals surface area contributed by atoms with Crippen molar-refractivity contribution in [2.24, 2.45) is 0 Å². The van der Waals surface area contributed by atoms with Gasteiger partial charge < -0.3 is 20.3 Å². The lowest BCUT2D eigenvalue weighted by atomic mass is 10.1. The van der Waals surface area contributed by atoms with Crippen molar-refractivity contribution >= 4 is 17.5 Å². The quantitative estimate of drug-likeness (QED) is 0.881. The molecule has 6 heteroatoms. The van der Waals surface area contributed by atoms with Crippen LogP contribution in [0.15, 0.2) is 28.8 Å². The molecule has 6 nitrogen and oxygen atoms in total. The fourth-order valence-electron chi connectivity index (χ4n) is 1.68. The first-order valence-electron chi connectivity index (χ1n) is 5.87. The van der Waals surface area contributed by atoms with Gasteiger partial charge in [0.1, 0.15) is 11.4 Å². The summed E-state index contributed by atoms with van der Waals surface area (Å²) in [6.07, 6.45) is 0. The molecule has 2 aromatic rings. The lowest BCUT2D eigenvalue weighted by molar-refractivity contribution is -0.114. The van der Waals surface area contributed by atoms with Crippen molar-refractivity contribution in [3.8, 4) is 17.0 Å². The summed E-state index contributed by atoms with van der Waals surface area (Å²) >= 11 is 0. The Morgan fingerprint density at radius 2 is 2.26 bits per heavy atom. The Labute approximate surface area is 110 Å². The average molecular weight is 261 g/mol. The normalized spacial score (nSPS) is 10.2. The van der Waals surface area contributed by atoms with Crippen LogP contribution < -0.4 is 15.8 Å². The summed E-state index contributed by atoms with van der Waals surface area (Å²) in [5.41, 5.74) is 7.47. The van der Waals surface area contributed by atoms with Crippen LogP contribution in [-0.4, -0.2) is 17.7 Å². The summed E-state index contributed by atoms with van der Waals surface area (Å²) in [4.78, 5) is 11.2. The standard InChI is InChI=1S/C13H15N3O3/c1-3-18-12-5-4-9(6-11(12)15-8(2)17)10-7-13(14)19-16-10/h4-7H,3,14H2,1-2H3,(H,15,17). The van der Waals surface area contributed by atoms with E-state index in [0.29, 0.717) is 23.7 Å². The zero-order valence-electron chi connectivity index (χ0n) is 10.8. The zero-order valence-corrected chi connectivity index (χ0v) is 10.8. The number of carbonyl (C=O) groups excluding carboxylic acids is 1. The third-order valence-corrected chi connectivity index (χ3v) is 2.41. The monoisotopic (exact) mass is 261 g/mol. The van der Waals surface area contributed by atoms with E-state index in [4.69, 9.17) is 15.0 Å². The summed E-state index contributed by atoms with van der Waals surface area (Å²) in [6.45, 7) is 3.84. The van der Waals surface area contributed by atoms with Crippen molar-refractivity contribution in [3.63, 3.8) is 0 Å². The molecule has 1 heterocycles. The predicted molar refractivity (Wildman–Crippen MR) is 71.8 cm³/mol. The predicted octanol–water partition coefficient (Wildman–Crippen LogP) is 2.28. The molecule has 0 bridgehead atoms. The number of ether oxygens (including phenoxy) is 1. The Morgan fingerprint density at radius 3 is 2.84 bits per heavy atom. The van der Waals surface area contributed by atoms with Crippen molar-refractivity contribution in [1.82, 2.24) is 5.16 Å². The molecule has 19 heavy (non-hydrogen) atoms. The van der Waals surface area contributed by atoms with E-state index in [1.165, 1.54) is 6.92 Å². The van der Waals surface area contributed by atoms with E-state index in [9.17, 15) is 4.79 Å². The largest absolute Gasteiger partial charge is 0.492 e. The van der Waals surface area contributed by atoms with Crippen molar-refractivity contribution in [3.05, 3.63) is 24.3 Å². The summed E-state index contributed by atoms with van der Waals surface area (Å²) in [6, 6.07) is 6.99. The second-order valence-corrected chi connectivity index (χ2v) is 3.94. The molecular weight excluding hydrogens is 246 g/mol. The number of nitrogen functional groups attached to an aromatic ring is 1. The summed E-state index contributed by atoms with van der Waals surface area (Å²) < 4.78 is 10.3. The van der Waals surface area contributed by atoms with Gasteiger partial charge in [0.15, 0.2) is 0 Å². The van der Waals surface area contributed by atoms with Gasteiger partial charge in [0.2, 0.25) is 11.8 Å². The van der Waals surface area contributed by atoms with E-state index in [1.54, 1.807) is 18.2 Å². The van der Waals surface area contributed by atoms with Gasteiger partial charge in [-0.05, 0) is 25.1 Å². The fraction of sp³-hybridized carbons (Fsp3) is 0.231. The Hall–Kier alpha value is -2.50. The highest BCUT2D eigenvalue weighted by atomic mass is 16.5. The number of amides is 1. The molecule has 0 saturated carbocycles. The number of nitrogens with one attached hydrogen (secondary N) is 1. The van der Waals surface area contributed by atoms with E-state index in [1.807, 2.05) is 13.0 Å². The number of carbonyl (C=O) groups is 1. The molecule has 0 spiro atoms. The van der Waals surface area contributed by atoms with E-state index in [0.717, 1.165) is 5.56 Å². The fourth-order valence-corrected chi connectivity index (χ4v) is 1.68. The van der Waals surface area contributed by atoms with E-state index in [-0.39, 0.29) is 11.8 Å². The highest BCUT2D eigenvalue weighted by Gasteiger charge is 2.10. The van der Waals surface area contributed by atoms with Crippen molar-refractivity contribution in [2.45, 2.75) is 13.8 Å². The third-order valence-electron chi connectivity index (χ3n) is 2.41. The van der Waals surface area contributed by atoms with Crippen LogP contribution >= 0.6 is 0 Å². The van der Waals surface area contributed by atoms with E-state index in [2.05, 4.69) is 10.5 Å². The number of benzene rings is 1. The maximum atomic E-state index is 11.2. The van der Waals surface area contributed by atoms with Crippen LogP contribution in [0.5, 0.6) is 5.75 Å². The number of rotatable bonds is 4. The minimum Gasteiger partial charge on any atom is -0.492 e. The minimum atomic E-state index is -0.169. The molecule has 2 rings (SSSR count). The number of nitrogens with zero attached hydrogens (tertiary/aromatic N) is 1. The molecule has 0 atom stereocenters. The van der Waals surface area contributed by atoms with Crippen molar-refractivity contribution in [1.29, 1.82) is 0 Å². The molecule has 100 valence electrons. The molecule has 0 radical (unpaired) electrons. The smallest absolute Gasteiger partial charge is 0.222 e. The molecule has 0 unspecified atom stereocenters. The van der Waals surface area contributed by atoms with Gasteiger partial charge in [0.25, 0.3) is 0 Å². The van der Waals surface area contributed by atoms with Crippen molar-refractivity contribution < 1.29 is 14.1 Å². The molecule has 0 saturated heterocycles. The first-order chi connectivity index (χ1) is 9.10. The van der Waals surface area contributed by atoms with E-state index < -0.39 is 0 Å². The molecule has 3 N–H and O–H groups in total.